The van der Waals surface area contributed by atoms with E-state index >= 15 is 0 Å². The topological polar surface area (TPSA) is 169 Å². The fourth-order valence-electron chi connectivity index (χ4n) is 4.78. The molecule has 4 aromatic rings. The smallest absolute Gasteiger partial charge is 0.258 e. The Hall–Kier alpha value is -3.68. The third-order valence-corrected chi connectivity index (χ3v) is 7.29. The van der Waals surface area contributed by atoms with Crippen molar-refractivity contribution in [2.75, 3.05) is 17.2 Å². The van der Waals surface area contributed by atoms with Gasteiger partial charge in [0.1, 0.15) is 12.2 Å². The molecule has 0 amide bonds. The highest BCUT2D eigenvalue weighted by Crippen LogP contribution is 2.42. The third-order valence-electron chi connectivity index (χ3n) is 7.29. The number of pyridine rings is 1. The zero-order valence-electron chi connectivity index (χ0n) is 21.9. The van der Waals surface area contributed by atoms with Crippen molar-refractivity contribution >= 4 is 22.9 Å². The highest BCUT2D eigenvalue weighted by atomic mass is 16.6. The van der Waals surface area contributed by atoms with E-state index in [0.29, 0.717) is 47.6 Å². The first kappa shape index (κ1) is 25.6. The van der Waals surface area contributed by atoms with Crippen LogP contribution in [-0.2, 0) is 11.2 Å². The predicted molar refractivity (Wildman–Crippen MR) is 141 cm³/mol. The number of nitrogens with one attached hydrogen (secondary N) is 2. The number of hydrogen-bond acceptors (Lipinski definition) is 12. The Balaban J connectivity index is 1.29. The van der Waals surface area contributed by atoms with Crippen LogP contribution in [0.4, 0.5) is 11.8 Å². The molecule has 4 aromatic heterocycles. The Labute approximate surface area is 225 Å². The number of rotatable bonds is 11. The molecule has 13 nitrogen and oxygen atoms in total. The second-order valence-electron chi connectivity index (χ2n) is 10.1. The molecule has 39 heavy (non-hydrogen) atoms. The Morgan fingerprint density at radius 2 is 1.92 bits per heavy atom. The summed E-state index contributed by atoms with van der Waals surface area (Å²) in [5, 5.41) is 32.6. The molecule has 0 radical (unpaired) electrons. The van der Waals surface area contributed by atoms with Crippen LogP contribution in [0.5, 0.6) is 0 Å². The first-order valence-electron chi connectivity index (χ1n) is 13.6. The Kier molecular flexibility index (Phi) is 7.11. The van der Waals surface area contributed by atoms with Crippen molar-refractivity contribution in [3.05, 3.63) is 48.1 Å². The van der Waals surface area contributed by atoms with E-state index in [0.717, 1.165) is 31.4 Å². The van der Waals surface area contributed by atoms with Crippen molar-refractivity contribution in [1.29, 1.82) is 0 Å². The standard InChI is InChI=1S/C26H33N9O4/c1-3-15(4-2)30-22-17-23(33-26(32-22)28-12-10-16-7-5-6-11-27-16)35(13-29-17)25-19(37)18(36)20(38-25)24-31-21(34-39-24)14-8-9-14/h5-7,11,13-15,18-20,25,36-37H,3-4,8-10,12H2,1-2H3,(H2,28,30,32,33)/t18-,19+,20-,25+/m0/s1. The highest BCUT2D eigenvalue weighted by Gasteiger charge is 2.48. The van der Waals surface area contributed by atoms with Crippen molar-refractivity contribution in [1.82, 2.24) is 34.6 Å². The zero-order chi connectivity index (χ0) is 26.9. The lowest BCUT2D eigenvalue weighted by Gasteiger charge is -2.18. The number of imidazole rings is 1. The molecule has 0 bridgehead atoms. The first-order chi connectivity index (χ1) is 19.1. The number of aliphatic hydroxyl groups excluding tert-OH is 2. The fraction of sp³-hybridized carbons (Fsp3) is 0.538. The minimum absolute atomic E-state index is 0.151. The molecule has 2 aliphatic rings. The maximum absolute atomic E-state index is 11.0. The number of hydrogen-bond donors (Lipinski definition) is 4. The van der Waals surface area contributed by atoms with Gasteiger partial charge in [-0.05, 0) is 37.8 Å². The number of aromatic nitrogens is 7. The van der Waals surface area contributed by atoms with Crippen LogP contribution in [0.25, 0.3) is 11.2 Å². The molecule has 5 heterocycles. The Morgan fingerprint density at radius 1 is 1.08 bits per heavy atom. The molecule has 6 rings (SSSR count). The summed E-state index contributed by atoms with van der Waals surface area (Å²) in [6, 6.07) is 6.01. The van der Waals surface area contributed by atoms with Crippen LogP contribution in [0.2, 0.25) is 0 Å². The van der Waals surface area contributed by atoms with Crippen molar-refractivity contribution < 1.29 is 19.5 Å². The van der Waals surface area contributed by atoms with Crippen molar-refractivity contribution in [2.45, 2.75) is 82.5 Å². The van der Waals surface area contributed by atoms with Gasteiger partial charge in [0.05, 0.1) is 6.33 Å². The Bertz CT molecular complexity index is 1400. The molecule has 0 aromatic carbocycles. The van der Waals surface area contributed by atoms with Gasteiger partial charge in [0.15, 0.2) is 35.1 Å². The number of aliphatic hydroxyl groups is 2. The quantitative estimate of drug-likeness (QED) is 0.222. The van der Waals surface area contributed by atoms with Gasteiger partial charge in [-0.3, -0.25) is 9.55 Å². The van der Waals surface area contributed by atoms with Crippen LogP contribution in [0.1, 0.15) is 75.2 Å². The lowest BCUT2D eigenvalue weighted by atomic mass is 10.1. The van der Waals surface area contributed by atoms with Crippen molar-refractivity contribution in [3.63, 3.8) is 0 Å². The molecule has 206 valence electrons. The van der Waals surface area contributed by atoms with E-state index in [4.69, 9.17) is 19.2 Å². The van der Waals surface area contributed by atoms with E-state index in [1.54, 1.807) is 17.1 Å². The summed E-state index contributed by atoms with van der Waals surface area (Å²) in [7, 11) is 0. The van der Waals surface area contributed by atoms with Gasteiger partial charge in [0.2, 0.25) is 5.95 Å². The van der Waals surface area contributed by atoms with Crippen LogP contribution in [0, 0.1) is 0 Å². The molecule has 4 atom stereocenters. The van der Waals surface area contributed by atoms with Gasteiger partial charge in [0.25, 0.3) is 5.89 Å². The van der Waals surface area contributed by atoms with Crippen LogP contribution < -0.4 is 10.6 Å². The fourth-order valence-corrected chi connectivity index (χ4v) is 4.78. The summed E-state index contributed by atoms with van der Waals surface area (Å²) in [5.74, 6) is 2.05. The SMILES string of the molecule is CCC(CC)Nc1nc(NCCc2ccccn2)nc2c1ncn2[C@@H]1O[C@H](c2nc(C3CC3)no2)[C@@H](O)[C@H]1O. The van der Waals surface area contributed by atoms with Crippen LogP contribution >= 0.6 is 0 Å². The minimum Gasteiger partial charge on any atom is -0.387 e. The monoisotopic (exact) mass is 535 g/mol. The van der Waals surface area contributed by atoms with Crippen LogP contribution in [0.3, 0.4) is 0 Å². The van der Waals surface area contributed by atoms with Gasteiger partial charge in [0, 0.05) is 36.8 Å². The molecule has 1 saturated heterocycles. The summed E-state index contributed by atoms with van der Waals surface area (Å²) in [4.78, 5) is 22.8. The molecule has 13 heteroatoms. The molecule has 1 aliphatic carbocycles. The number of anilines is 2. The maximum Gasteiger partial charge on any atom is 0.258 e. The lowest BCUT2D eigenvalue weighted by molar-refractivity contribution is -0.0451. The molecule has 0 unspecified atom stereocenters. The third kappa shape index (κ3) is 5.16. The lowest BCUT2D eigenvalue weighted by Crippen LogP contribution is -2.29. The van der Waals surface area contributed by atoms with E-state index in [2.05, 4.69) is 44.6 Å². The van der Waals surface area contributed by atoms with E-state index in [-0.39, 0.29) is 11.9 Å². The van der Waals surface area contributed by atoms with Crippen LogP contribution in [0.15, 0.2) is 35.2 Å². The normalized spacial score (nSPS) is 23.1. The minimum atomic E-state index is -1.27. The molecule has 2 fully saturated rings. The average Bonchev–Trinajstić information content (AvgIpc) is 3.42. The molecule has 4 N–H and O–H groups in total. The molecule has 0 spiro atoms. The van der Waals surface area contributed by atoms with Gasteiger partial charge < -0.3 is 30.1 Å². The van der Waals surface area contributed by atoms with E-state index in [9.17, 15) is 10.2 Å². The van der Waals surface area contributed by atoms with E-state index in [1.807, 2.05) is 18.2 Å². The molecular weight excluding hydrogens is 502 g/mol. The van der Waals surface area contributed by atoms with Gasteiger partial charge in [-0.15, -0.1) is 0 Å². The summed E-state index contributed by atoms with van der Waals surface area (Å²) in [6.45, 7) is 4.80. The number of nitrogens with zero attached hydrogens (tertiary/aromatic N) is 7. The molecule has 1 saturated carbocycles. The summed E-state index contributed by atoms with van der Waals surface area (Å²) in [6.07, 6.45) is 3.40. The summed E-state index contributed by atoms with van der Waals surface area (Å²) >= 11 is 0. The van der Waals surface area contributed by atoms with Gasteiger partial charge >= 0.3 is 0 Å². The largest absolute Gasteiger partial charge is 0.387 e. The zero-order valence-corrected chi connectivity index (χ0v) is 21.9. The van der Waals surface area contributed by atoms with Crippen molar-refractivity contribution in [3.8, 4) is 0 Å². The predicted octanol–water partition coefficient (Wildman–Crippen LogP) is 2.73. The second-order valence-corrected chi connectivity index (χ2v) is 10.1. The van der Waals surface area contributed by atoms with E-state index < -0.39 is 24.5 Å². The van der Waals surface area contributed by atoms with Crippen molar-refractivity contribution in [2.24, 2.45) is 0 Å². The number of ether oxygens (including phenoxy) is 1. The maximum atomic E-state index is 11.0. The summed E-state index contributed by atoms with van der Waals surface area (Å²) in [5.41, 5.74) is 1.96. The summed E-state index contributed by atoms with van der Waals surface area (Å²) < 4.78 is 13.1. The molecular formula is C26H33N9O4. The van der Waals surface area contributed by atoms with Crippen LogP contribution in [-0.4, -0.2) is 69.7 Å². The van der Waals surface area contributed by atoms with E-state index in [1.165, 1.54) is 0 Å². The highest BCUT2D eigenvalue weighted by molar-refractivity contribution is 5.84. The molecule has 1 aliphatic heterocycles. The average molecular weight is 536 g/mol. The van der Waals surface area contributed by atoms with Gasteiger partial charge in [-0.25, -0.2) is 4.98 Å². The number of fused-ring (bicyclic) bond motifs is 1. The first-order valence-corrected chi connectivity index (χ1v) is 13.6. The Morgan fingerprint density at radius 3 is 2.67 bits per heavy atom. The van der Waals surface area contributed by atoms with Gasteiger partial charge in [-0.2, -0.15) is 15.0 Å². The second kappa shape index (κ2) is 10.8. The van der Waals surface area contributed by atoms with Gasteiger partial charge in [-0.1, -0.05) is 25.1 Å².